The molecule has 0 unspecified atom stereocenters. The van der Waals surface area contributed by atoms with Crippen LogP contribution in [-0.4, -0.2) is 10.2 Å². The summed E-state index contributed by atoms with van der Waals surface area (Å²) in [5, 5.41) is 0.655. The van der Waals surface area contributed by atoms with Gasteiger partial charge >= 0.3 is 0 Å². The summed E-state index contributed by atoms with van der Waals surface area (Å²) in [6.45, 7) is 4.37. The topological polar surface area (TPSA) is 12.9 Å². The average Bonchev–Trinajstić information content (AvgIpc) is 1.88. The van der Waals surface area contributed by atoms with Crippen LogP contribution >= 0.6 is 24.2 Å². The summed E-state index contributed by atoms with van der Waals surface area (Å²) in [6.07, 6.45) is 3.65. The minimum Gasteiger partial charge on any atom is -0.265 e. The lowest BCUT2D eigenvalue weighted by Gasteiger charge is -2.02. The van der Waals surface area contributed by atoms with Crippen LogP contribution in [-0.2, 0) is 0 Å². The second kappa shape index (κ2) is 5.44. The highest BCUT2D eigenvalue weighted by Gasteiger charge is 1.94. The molecule has 0 saturated carbocycles. The van der Waals surface area contributed by atoms with Gasteiger partial charge in [-0.15, -0.1) is 24.2 Å². The molecule has 1 rings (SSSR count). The molecule has 0 N–H and O–H groups in total. The van der Waals surface area contributed by atoms with Crippen molar-refractivity contribution in [3.05, 3.63) is 24.5 Å². The van der Waals surface area contributed by atoms with Gasteiger partial charge in [-0.2, -0.15) is 0 Å². The molecule has 0 fully saturated rings. The van der Waals surface area contributed by atoms with E-state index >= 15 is 0 Å². The Kier molecular flexibility index (Phi) is 5.34. The fourth-order valence-electron chi connectivity index (χ4n) is 0.689. The van der Waals surface area contributed by atoms with E-state index in [0.717, 1.165) is 0 Å². The fraction of sp³-hybridized carbons (Fsp3) is 0.375. The molecular formula is C8H12ClNS. The Balaban J connectivity index is 0.000001000. The highest BCUT2D eigenvalue weighted by molar-refractivity contribution is 7.99. The Morgan fingerprint density at radius 1 is 1.27 bits per heavy atom. The Morgan fingerprint density at radius 2 is 1.82 bits per heavy atom. The third kappa shape index (κ3) is 4.27. The smallest absolute Gasteiger partial charge is 0.0278 e. The van der Waals surface area contributed by atoms with Crippen molar-refractivity contribution in [1.29, 1.82) is 0 Å². The van der Waals surface area contributed by atoms with Crippen molar-refractivity contribution >= 4 is 24.2 Å². The number of halogens is 1. The zero-order valence-corrected chi connectivity index (χ0v) is 8.28. The Bertz CT molecular complexity index is 189. The number of thioether (sulfide) groups is 1. The van der Waals surface area contributed by atoms with Crippen LogP contribution < -0.4 is 0 Å². The first-order chi connectivity index (χ1) is 4.79. The molecule has 0 amide bonds. The molecule has 0 atom stereocenters. The summed E-state index contributed by atoms with van der Waals surface area (Å²) in [7, 11) is 0. The SMILES string of the molecule is CC(C)Sc1ccncc1.Cl. The van der Waals surface area contributed by atoms with Gasteiger partial charge in [-0.3, -0.25) is 4.98 Å². The molecule has 3 heteroatoms. The van der Waals surface area contributed by atoms with Crippen LogP contribution in [0.4, 0.5) is 0 Å². The number of nitrogens with zero attached hydrogens (tertiary/aromatic N) is 1. The van der Waals surface area contributed by atoms with Gasteiger partial charge in [0.25, 0.3) is 0 Å². The van der Waals surface area contributed by atoms with Gasteiger partial charge in [-0.05, 0) is 12.1 Å². The summed E-state index contributed by atoms with van der Waals surface area (Å²) in [6, 6.07) is 4.06. The van der Waals surface area contributed by atoms with Crippen LogP contribution in [0.2, 0.25) is 0 Å². The summed E-state index contributed by atoms with van der Waals surface area (Å²) < 4.78 is 0. The molecule has 11 heavy (non-hydrogen) atoms. The zero-order chi connectivity index (χ0) is 7.40. The summed E-state index contributed by atoms with van der Waals surface area (Å²) in [4.78, 5) is 5.24. The molecule has 0 aliphatic rings. The number of rotatable bonds is 2. The standard InChI is InChI=1S/C8H11NS.ClH/c1-7(2)10-8-3-5-9-6-4-8;/h3-7H,1-2H3;1H. The third-order valence-electron chi connectivity index (χ3n) is 1.02. The number of hydrogen-bond donors (Lipinski definition) is 0. The van der Waals surface area contributed by atoms with Crippen LogP contribution in [0.3, 0.4) is 0 Å². The maximum atomic E-state index is 3.94. The minimum atomic E-state index is 0. The number of aromatic nitrogens is 1. The van der Waals surface area contributed by atoms with Gasteiger partial charge in [0, 0.05) is 22.5 Å². The maximum Gasteiger partial charge on any atom is 0.0278 e. The lowest BCUT2D eigenvalue weighted by atomic mass is 10.5. The Morgan fingerprint density at radius 3 is 2.27 bits per heavy atom. The highest BCUT2D eigenvalue weighted by atomic mass is 35.5. The molecule has 62 valence electrons. The van der Waals surface area contributed by atoms with E-state index < -0.39 is 0 Å². The first-order valence-corrected chi connectivity index (χ1v) is 4.23. The maximum absolute atomic E-state index is 3.94. The lowest BCUT2D eigenvalue weighted by molar-refractivity contribution is 1.11. The normalized spacial score (nSPS) is 9.36. The number of hydrogen-bond acceptors (Lipinski definition) is 2. The first kappa shape index (κ1) is 10.8. The van der Waals surface area contributed by atoms with Crippen molar-refractivity contribution in [2.75, 3.05) is 0 Å². The van der Waals surface area contributed by atoms with E-state index in [9.17, 15) is 0 Å². The molecule has 1 nitrogen and oxygen atoms in total. The molecule has 0 spiro atoms. The van der Waals surface area contributed by atoms with Crippen molar-refractivity contribution in [3.8, 4) is 0 Å². The second-order valence-electron chi connectivity index (χ2n) is 2.35. The predicted molar refractivity (Wildman–Crippen MR) is 52.5 cm³/mol. The highest BCUT2D eigenvalue weighted by Crippen LogP contribution is 2.20. The zero-order valence-electron chi connectivity index (χ0n) is 6.65. The van der Waals surface area contributed by atoms with E-state index in [1.165, 1.54) is 4.90 Å². The lowest BCUT2D eigenvalue weighted by Crippen LogP contribution is -1.84. The predicted octanol–water partition coefficient (Wildman–Crippen LogP) is 3.00. The van der Waals surface area contributed by atoms with Crippen LogP contribution in [0.15, 0.2) is 29.4 Å². The van der Waals surface area contributed by atoms with Gasteiger partial charge in [-0.25, -0.2) is 0 Å². The van der Waals surface area contributed by atoms with Crippen molar-refractivity contribution in [1.82, 2.24) is 4.98 Å². The summed E-state index contributed by atoms with van der Waals surface area (Å²) >= 11 is 1.86. The van der Waals surface area contributed by atoms with Crippen LogP contribution in [0.1, 0.15) is 13.8 Å². The summed E-state index contributed by atoms with van der Waals surface area (Å²) in [5.41, 5.74) is 0. The van der Waals surface area contributed by atoms with Crippen LogP contribution in [0, 0.1) is 0 Å². The molecule has 1 aromatic rings. The van der Waals surface area contributed by atoms with Crippen molar-refractivity contribution in [3.63, 3.8) is 0 Å². The first-order valence-electron chi connectivity index (χ1n) is 3.35. The molecule has 0 saturated heterocycles. The van der Waals surface area contributed by atoms with Gasteiger partial charge in [-0.1, -0.05) is 13.8 Å². The Labute approximate surface area is 78.0 Å². The molecule has 0 radical (unpaired) electrons. The second-order valence-corrected chi connectivity index (χ2v) is 4.00. The molecule has 0 aliphatic carbocycles. The van der Waals surface area contributed by atoms with Gasteiger partial charge < -0.3 is 0 Å². The molecule has 0 aromatic carbocycles. The fourth-order valence-corrected chi connectivity index (χ4v) is 1.51. The summed E-state index contributed by atoms with van der Waals surface area (Å²) in [5.74, 6) is 0. The quantitative estimate of drug-likeness (QED) is 0.664. The molecule has 1 heterocycles. The van der Waals surface area contributed by atoms with Crippen LogP contribution in [0.25, 0.3) is 0 Å². The molecule has 1 aromatic heterocycles. The largest absolute Gasteiger partial charge is 0.265 e. The van der Waals surface area contributed by atoms with E-state index in [1.807, 2.05) is 36.3 Å². The minimum absolute atomic E-state index is 0. The third-order valence-corrected chi connectivity index (χ3v) is 2.04. The van der Waals surface area contributed by atoms with Crippen molar-refractivity contribution in [2.45, 2.75) is 24.0 Å². The van der Waals surface area contributed by atoms with E-state index in [0.29, 0.717) is 5.25 Å². The van der Waals surface area contributed by atoms with Crippen molar-refractivity contribution in [2.24, 2.45) is 0 Å². The van der Waals surface area contributed by atoms with Crippen LogP contribution in [0.5, 0.6) is 0 Å². The van der Waals surface area contributed by atoms with Gasteiger partial charge in [0.2, 0.25) is 0 Å². The molecule has 0 bridgehead atoms. The average molecular weight is 190 g/mol. The van der Waals surface area contributed by atoms with Gasteiger partial charge in [0.05, 0.1) is 0 Å². The number of pyridine rings is 1. The molecular weight excluding hydrogens is 178 g/mol. The van der Waals surface area contributed by atoms with Crippen molar-refractivity contribution < 1.29 is 0 Å². The van der Waals surface area contributed by atoms with Gasteiger partial charge in [0.1, 0.15) is 0 Å². The Hall–Kier alpha value is -0.210. The van der Waals surface area contributed by atoms with E-state index in [-0.39, 0.29) is 12.4 Å². The van der Waals surface area contributed by atoms with E-state index in [1.54, 1.807) is 0 Å². The molecule has 0 aliphatic heterocycles. The van der Waals surface area contributed by atoms with Gasteiger partial charge in [0.15, 0.2) is 0 Å². The van der Waals surface area contributed by atoms with E-state index in [2.05, 4.69) is 18.8 Å². The van der Waals surface area contributed by atoms with E-state index in [4.69, 9.17) is 0 Å². The monoisotopic (exact) mass is 189 g/mol.